The summed E-state index contributed by atoms with van der Waals surface area (Å²) in [7, 11) is 0. The zero-order valence-electron chi connectivity index (χ0n) is 19.3. The van der Waals surface area contributed by atoms with Gasteiger partial charge < -0.3 is 24.4 Å². The van der Waals surface area contributed by atoms with Crippen LogP contribution in [0.15, 0.2) is 54.6 Å². The van der Waals surface area contributed by atoms with Crippen molar-refractivity contribution in [2.45, 2.75) is 43.6 Å². The molecule has 5 rings (SSSR count). The number of likely N-dealkylation sites (tertiary alicyclic amines) is 1. The molecule has 0 bridgehead atoms. The van der Waals surface area contributed by atoms with E-state index in [0.29, 0.717) is 25.9 Å². The summed E-state index contributed by atoms with van der Waals surface area (Å²) in [6, 6.07) is 8.77. The normalized spacial score (nSPS) is 34.4. The highest BCUT2D eigenvalue weighted by atomic mass is 16.6. The molecule has 2 fully saturated rings. The summed E-state index contributed by atoms with van der Waals surface area (Å²) < 4.78 is 12.2. The molecular formula is C26H30N2O6. The fourth-order valence-corrected chi connectivity index (χ4v) is 6.07. The maximum Gasteiger partial charge on any atom is 0.313 e. The van der Waals surface area contributed by atoms with Gasteiger partial charge in [0, 0.05) is 26.2 Å². The van der Waals surface area contributed by atoms with E-state index < -0.39 is 35.0 Å². The van der Waals surface area contributed by atoms with Crippen molar-refractivity contribution < 1.29 is 29.0 Å². The van der Waals surface area contributed by atoms with Gasteiger partial charge in [-0.25, -0.2) is 0 Å². The average molecular weight is 467 g/mol. The predicted molar refractivity (Wildman–Crippen MR) is 122 cm³/mol. The molecule has 34 heavy (non-hydrogen) atoms. The highest BCUT2D eigenvalue weighted by Gasteiger charge is 2.75. The number of carbonyl (C=O) groups excluding carboxylic acids is 3. The number of aliphatic hydroxyl groups is 1. The van der Waals surface area contributed by atoms with Gasteiger partial charge in [0.1, 0.15) is 29.8 Å². The minimum Gasteiger partial charge on any atom is -0.461 e. The zero-order chi connectivity index (χ0) is 23.9. The molecule has 0 radical (unpaired) electrons. The van der Waals surface area contributed by atoms with Crippen LogP contribution in [-0.4, -0.2) is 76.2 Å². The van der Waals surface area contributed by atoms with E-state index in [0.717, 1.165) is 5.56 Å². The molecule has 1 aromatic rings. The molecule has 1 N–H and O–H groups in total. The van der Waals surface area contributed by atoms with Crippen LogP contribution in [0.5, 0.6) is 0 Å². The van der Waals surface area contributed by atoms with E-state index in [2.05, 4.69) is 0 Å². The second-order valence-corrected chi connectivity index (χ2v) is 9.37. The Labute approximate surface area is 198 Å². The molecule has 0 saturated carbocycles. The van der Waals surface area contributed by atoms with Gasteiger partial charge in [0.15, 0.2) is 0 Å². The molecule has 180 valence electrons. The van der Waals surface area contributed by atoms with Crippen LogP contribution in [-0.2, 0) is 30.4 Å². The zero-order valence-corrected chi connectivity index (χ0v) is 19.3. The number of cyclic esters (lactones) is 1. The van der Waals surface area contributed by atoms with Crippen LogP contribution >= 0.6 is 0 Å². The van der Waals surface area contributed by atoms with Gasteiger partial charge >= 0.3 is 5.97 Å². The third-order valence-electron chi connectivity index (χ3n) is 7.55. The summed E-state index contributed by atoms with van der Waals surface area (Å²) in [4.78, 5) is 44.3. The molecule has 0 aromatic heterocycles. The number of carbonyl (C=O) groups is 3. The van der Waals surface area contributed by atoms with Gasteiger partial charge in [-0.2, -0.15) is 0 Å². The average Bonchev–Trinajstić information content (AvgIpc) is 3.12. The minimum absolute atomic E-state index is 0.111. The highest BCUT2D eigenvalue weighted by Crippen LogP contribution is 2.58. The molecule has 8 nitrogen and oxygen atoms in total. The summed E-state index contributed by atoms with van der Waals surface area (Å²) in [5, 5.41) is 9.46. The van der Waals surface area contributed by atoms with Gasteiger partial charge in [0.25, 0.3) is 0 Å². The number of benzene rings is 1. The topological polar surface area (TPSA) is 96.4 Å². The first-order valence-corrected chi connectivity index (χ1v) is 11.9. The molecule has 8 heteroatoms. The standard InChI is InChI=1S/C26H30N2O6/c1-2-25-11-7-16-33-24(32)20(25)19-22(30)28(14-8-15-29)21-23(31)27(13-6-12-26(19,21)34-25)17-18-9-4-3-5-10-18/h3-7,9-12,19-21,29H,2,8,13-17H2,1H3/t19-,20+,21?,25-,26-/m0/s1. The third-order valence-corrected chi connectivity index (χ3v) is 7.55. The van der Waals surface area contributed by atoms with Crippen LogP contribution in [0.1, 0.15) is 25.3 Å². The Balaban J connectivity index is 1.60. The van der Waals surface area contributed by atoms with Crippen molar-refractivity contribution in [1.82, 2.24) is 9.80 Å². The van der Waals surface area contributed by atoms with Crippen molar-refractivity contribution in [1.29, 1.82) is 0 Å². The molecule has 2 saturated heterocycles. The summed E-state index contributed by atoms with van der Waals surface area (Å²) in [5.41, 5.74) is -1.32. The number of aliphatic hydroxyl groups excluding tert-OH is 1. The molecule has 1 spiro atoms. The quantitative estimate of drug-likeness (QED) is 0.504. The predicted octanol–water partition coefficient (Wildman–Crippen LogP) is 1.44. The number of fused-ring (bicyclic) bond motifs is 2. The Kier molecular flexibility index (Phi) is 5.81. The second-order valence-electron chi connectivity index (χ2n) is 9.37. The van der Waals surface area contributed by atoms with Crippen LogP contribution < -0.4 is 0 Å². The first-order valence-electron chi connectivity index (χ1n) is 11.9. The van der Waals surface area contributed by atoms with Gasteiger partial charge in [-0.15, -0.1) is 0 Å². The van der Waals surface area contributed by atoms with Gasteiger partial charge in [-0.05, 0) is 24.5 Å². The van der Waals surface area contributed by atoms with Crippen molar-refractivity contribution in [3.8, 4) is 0 Å². The van der Waals surface area contributed by atoms with E-state index in [-0.39, 0.29) is 31.6 Å². The van der Waals surface area contributed by atoms with E-state index in [1.807, 2.05) is 55.5 Å². The van der Waals surface area contributed by atoms with Crippen molar-refractivity contribution in [2.75, 3.05) is 26.3 Å². The van der Waals surface area contributed by atoms with Gasteiger partial charge in [-0.1, -0.05) is 55.5 Å². The minimum atomic E-state index is -1.28. The maximum absolute atomic E-state index is 14.1. The molecule has 4 heterocycles. The van der Waals surface area contributed by atoms with Crippen molar-refractivity contribution in [3.63, 3.8) is 0 Å². The fraction of sp³-hybridized carbons (Fsp3) is 0.500. The molecule has 4 aliphatic rings. The Morgan fingerprint density at radius 2 is 1.85 bits per heavy atom. The van der Waals surface area contributed by atoms with E-state index >= 15 is 0 Å². The van der Waals surface area contributed by atoms with Crippen LogP contribution in [0.4, 0.5) is 0 Å². The lowest BCUT2D eigenvalue weighted by atomic mass is 9.73. The molecule has 5 atom stereocenters. The lowest BCUT2D eigenvalue weighted by molar-refractivity contribution is -0.159. The highest BCUT2D eigenvalue weighted by molar-refractivity contribution is 5.99. The van der Waals surface area contributed by atoms with Crippen LogP contribution in [0.25, 0.3) is 0 Å². The van der Waals surface area contributed by atoms with Crippen molar-refractivity contribution in [3.05, 3.63) is 60.2 Å². The molecule has 0 aliphatic carbocycles. The second kappa shape index (κ2) is 8.67. The van der Waals surface area contributed by atoms with E-state index in [9.17, 15) is 19.5 Å². The first-order chi connectivity index (χ1) is 16.5. The summed E-state index contributed by atoms with van der Waals surface area (Å²) in [6.07, 6.45) is 8.09. The van der Waals surface area contributed by atoms with Crippen molar-refractivity contribution >= 4 is 17.8 Å². The number of hydrogen-bond donors (Lipinski definition) is 1. The van der Waals surface area contributed by atoms with Crippen LogP contribution in [0.3, 0.4) is 0 Å². The van der Waals surface area contributed by atoms with E-state index in [4.69, 9.17) is 9.47 Å². The Bertz CT molecular complexity index is 1040. The fourth-order valence-electron chi connectivity index (χ4n) is 6.07. The number of hydrogen-bond acceptors (Lipinski definition) is 6. The number of ether oxygens (including phenoxy) is 2. The molecule has 2 amide bonds. The number of rotatable bonds is 6. The lowest BCUT2D eigenvalue weighted by Crippen LogP contribution is -2.56. The van der Waals surface area contributed by atoms with E-state index in [1.54, 1.807) is 11.0 Å². The van der Waals surface area contributed by atoms with Gasteiger partial charge in [0.05, 0.1) is 5.92 Å². The monoisotopic (exact) mass is 466 g/mol. The Morgan fingerprint density at radius 3 is 2.59 bits per heavy atom. The van der Waals surface area contributed by atoms with E-state index in [1.165, 1.54) is 4.90 Å². The number of nitrogens with zero attached hydrogens (tertiary/aromatic N) is 2. The smallest absolute Gasteiger partial charge is 0.313 e. The molecule has 1 unspecified atom stereocenters. The summed E-state index contributed by atoms with van der Waals surface area (Å²) >= 11 is 0. The van der Waals surface area contributed by atoms with Crippen molar-refractivity contribution in [2.24, 2.45) is 11.8 Å². The van der Waals surface area contributed by atoms with Crippen LogP contribution in [0, 0.1) is 11.8 Å². The summed E-state index contributed by atoms with van der Waals surface area (Å²) in [6.45, 7) is 2.91. The van der Waals surface area contributed by atoms with Gasteiger partial charge in [0.2, 0.25) is 11.8 Å². The van der Waals surface area contributed by atoms with Crippen LogP contribution in [0.2, 0.25) is 0 Å². The van der Waals surface area contributed by atoms with Gasteiger partial charge in [-0.3, -0.25) is 14.4 Å². The summed E-state index contributed by atoms with van der Waals surface area (Å²) in [5.74, 6) is -2.71. The Morgan fingerprint density at radius 1 is 1.06 bits per heavy atom. The molecule has 1 aromatic carbocycles. The maximum atomic E-state index is 14.1. The lowest BCUT2D eigenvalue weighted by Gasteiger charge is -2.38. The SMILES string of the molecule is CC[C@]12C=CCOC(=O)[C@H]1[C@H]1C(=O)N(CCCO)C3C(=O)N(Cc4ccccc4)CC=C[C@@]31O2. The largest absolute Gasteiger partial charge is 0.461 e. The Hall–Kier alpha value is -2.97. The molecule has 4 aliphatic heterocycles. The molecular weight excluding hydrogens is 436 g/mol. The number of esters is 1. The number of amides is 2. The third kappa shape index (κ3) is 3.31. The first kappa shape index (κ1) is 22.8.